The summed E-state index contributed by atoms with van der Waals surface area (Å²) in [5, 5.41) is 9.44. The standard InChI is InChI=1S/C13H25NO2/c1-3-4-10(2)7-13(9-14,12(15)16)8-11-5-6-11/h10-11H,3-9,14H2,1-2H3,(H,15,16). The van der Waals surface area contributed by atoms with E-state index in [1.165, 1.54) is 12.8 Å². The highest BCUT2D eigenvalue weighted by Crippen LogP contribution is 2.43. The first-order valence-corrected chi connectivity index (χ1v) is 6.47. The molecule has 1 saturated carbocycles. The van der Waals surface area contributed by atoms with E-state index in [1.54, 1.807) is 0 Å². The van der Waals surface area contributed by atoms with Crippen molar-refractivity contribution in [3.63, 3.8) is 0 Å². The van der Waals surface area contributed by atoms with Crippen molar-refractivity contribution in [2.75, 3.05) is 6.54 Å². The highest BCUT2D eigenvalue weighted by molar-refractivity contribution is 5.75. The summed E-state index contributed by atoms with van der Waals surface area (Å²) in [6, 6.07) is 0. The van der Waals surface area contributed by atoms with Gasteiger partial charge in [0.25, 0.3) is 0 Å². The van der Waals surface area contributed by atoms with Gasteiger partial charge in [-0.1, -0.05) is 39.5 Å². The maximum absolute atomic E-state index is 11.5. The van der Waals surface area contributed by atoms with Gasteiger partial charge in [-0.25, -0.2) is 0 Å². The van der Waals surface area contributed by atoms with Crippen molar-refractivity contribution in [3.05, 3.63) is 0 Å². The smallest absolute Gasteiger partial charge is 0.310 e. The zero-order chi connectivity index (χ0) is 12.2. The second-order valence-corrected chi connectivity index (χ2v) is 5.54. The predicted octanol–water partition coefficient (Wildman–Crippen LogP) is 2.64. The lowest BCUT2D eigenvalue weighted by Crippen LogP contribution is -2.40. The van der Waals surface area contributed by atoms with E-state index in [9.17, 15) is 9.90 Å². The molecule has 94 valence electrons. The van der Waals surface area contributed by atoms with Crippen LogP contribution in [0.4, 0.5) is 0 Å². The summed E-state index contributed by atoms with van der Waals surface area (Å²) in [4.78, 5) is 11.5. The zero-order valence-electron chi connectivity index (χ0n) is 10.5. The van der Waals surface area contributed by atoms with Crippen molar-refractivity contribution in [2.45, 2.75) is 52.4 Å². The van der Waals surface area contributed by atoms with Gasteiger partial charge in [0.15, 0.2) is 0 Å². The quantitative estimate of drug-likeness (QED) is 0.670. The number of carboxylic acids is 1. The third-order valence-corrected chi connectivity index (χ3v) is 3.74. The van der Waals surface area contributed by atoms with Crippen LogP contribution in [0.1, 0.15) is 52.4 Å². The predicted molar refractivity (Wildman–Crippen MR) is 65.2 cm³/mol. The van der Waals surface area contributed by atoms with Gasteiger partial charge in [0.2, 0.25) is 0 Å². The fourth-order valence-corrected chi connectivity index (χ4v) is 2.65. The molecule has 1 aliphatic rings. The molecule has 3 nitrogen and oxygen atoms in total. The van der Waals surface area contributed by atoms with Gasteiger partial charge in [-0.15, -0.1) is 0 Å². The van der Waals surface area contributed by atoms with Crippen LogP contribution in [0.2, 0.25) is 0 Å². The van der Waals surface area contributed by atoms with E-state index >= 15 is 0 Å². The lowest BCUT2D eigenvalue weighted by molar-refractivity contribution is -0.150. The third kappa shape index (κ3) is 3.48. The van der Waals surface area contributed by atoms with Crippen LogP contribution >= 0.6 is 0 Å². The van der Waals surface area contributed by atoms with E-state index < -0.39 is 11.4 Å². The fraction of sp³-hybridized carbons (Fsp3) is 0.923. The van der Waals surface area contributed by atoms with Crippen LogP contribution in [0.3, 0.4) is 0 Å². The Morgan fingerprint density at radius 2 is 2.19 bits per heavy atom. The van der Waals surface area contributed by atoms with Crippen LogP contribution in [0.15, 0.2) is 0 Å². The third-order valence-electron chi connectivity index (χ3n) is 3.74. The normalized spacial score (nSPS) is 21.4. The SMILES string of the molecule is CCCC(C)CC(CN)(CC1CC1)C(=O)O. The van der Waals surface area contributed by atoms with Crippen LogP contribution in [-0.2, 0) is 4.79 Å². The summed E-state index contributed by atoms with van der Waals surface area (Å²) in [6.07, 6.45) is 6.12. The van der Waals surface area contributed by atoms with Crippen LogP contribution in [0, 0.1) is 17.3 Å². The van der Waals surface area contributed by atoms with Gasteiger partial charge in [-0.05, 0) is 24.7 Å². The molecule has 0 radical (unpaired) electrons. The Hall–Kier alpha value is -0.570. The second-order valence-electron chi connectivity index (χ2n) is 5.54. The summed E-state index contributed by atoms with van der Waals surface area (Å²) in [5.41, 5.74) is 5.09. The van der Waals surface area contributed by atoms with Crippen LogP contribution in [0.25, 0.3) is 0 Å². The first kappa shape index (κ1) is 13.5. The number of nitrogens with two attached hydrogens (primary N) is 1. The lowest BCUT2D eigenvalue weighted by atomic mass is 9.74. The van der Waals surface area contributed by atoms with E-state index in [1.807, 2.05) is 0 Å². The van der Waals surface area contributed by atoms with Crippen molar-refractivity contribution in [3.8, 4) is 0 Å². The molecule has 0 bridgehead atoms. The first-order chi connectivity index (χ1) is 7.54. The molecule has 1 fully saturated rings. The molecule has 3 N–H and O–H groups in total. The first-order valence-electron chi connectivity index (χ1n) is 6.47. The molecule has 16 heavy (non-hydrogen) atoms. The average Bonchev–Trinajstić information content (AvgIpc) is 3.00. The molecule has 0 spiro atoms. The highest BCUT2D eigenvalue weighted by Gasteiger charge is 2.42. The van der Waals surface area contributed by atoms with E-state index in [4.69, 9.17) is 5.73 Å². The van der Waals surface area contributed by atoms with Crippen LogP contribution in [0.5, 0.6) is 0 Å². The van der Waals surface area contributed by atoms with Gasteiger partial charge in [0, 0.05) is 6.54 Å². The lowest BCUT2D eigenvalue weighted by Gasteiger charge is -2.30. The molecular formula is C13H25NO2. The molecule has 0 saturated heterocycles. The molecule has 2 unspecified atom stereocenters. The Kier molecular flexibility index (Phi) is 4.78. The minimum Gasteiger partial charge on any atom is -0.481 e. The molecule has 2 atom stereocenters. The number of carboxylic acid groups (broad SMARTS) is 1. The molecule has 0 amide bonds. The Morgan fingerprint density at radius 3 is 2.56 bits per heavy atom. The Morgan fingerprint density at radius 1 is 1.56 bits per heavy atom. The van der Waals surface area contributed by atoms with Gasteiger partial charge in [-0.2, -0.15) is 0 Å². The minimum atomic E-state index is -0.690. The number of rotatable bonds is 8. The average molecular weight is 227 g/mol. The van der Waals surface area contributed by atoms with Crippen molar-refractivity contribution < 1.29 is 9.90 Å². The highest BCUT2D eigenvalue weighted by atomic mass is 16.4. The molecular weight excluding hydrogens is 202 g/mol. The summed E-state index contributed by atoms with van der Waals surface area (Å²) in [5.74, 6) is 0.390. The molecule has 0 aromatic carbocycles. The van der Waals surface area contributed by atoms with Gasteiger partial charge in [0.05, 0.1) is 5.41 Å². The van der Waals surface area contributed by atoms with Gasteiger partial charge >= 0.3 is 5.97 Å². The zero-order valence-corrected chi connectivity index (χ0v) is 10.5. The molecule has 0 aromatic rings. The Bertz CT molecular complexity index is 238. The topological polar surface area (TPSA) is 63.3 Å². The van der Waals surface area contributed by atoms with Gasteiger partial charge in [-0.3, -0.25) is 4.79 Å². The molecule has 1 rings (SSSR count). The van der Waals surface area contributed by atoms with Crippen LogP contribution in [-0.4, -0.2) is 17.6 Å². The fourth-order valence-electron chi connectivity index (χ4n) is 2.65. The minimum absolute atomic E-state index is 0.285. The van der Waals surface area contributed by atoms with E-state index in [0.29, 0.717) is 11.8 Å². The summed E-state index contributed by atoms with van der Waals surface area (Å²) >= 11 is 0. The van der Waals surface area contributed by atoms with Crippen molar-refractivity contribution >= 4 is 5.97 Å². The number of hydrogen-bond donors (Lipinski definition) is 2. The summed E-state index contributed by atoms with van der Waals surface area (Å²) in [7, 11) is 0. The second kappa shape index (κ2) is 5.67. The molecule has 0 aliphatic heterocycles. The van der Waals surface area contributed by atoms with E-state index in [2.05, 4.69) is 13.8 Å². The van der Waals surface area contributed by atoms with Gasteiger partial charge in [0.1, 0.15) is 0 Å². The van der Waals surface area contributed by atoms with Crippen molar-refractivity contribution in [2.24, 2.45) is 23.0 Å². The molecule has 3 heteroatoms. The number of aliphatic carboxylic acids is 1. The van der Waals surface area contributed by atoms with Crippen molar-refractivity contribution in [1.82, 2.24) is 0 Å². The molecule has 0 heterocycles. The monoisotopic (exact) mass is 227 g/mol. The van der Waals surface area contributed by atoms with Crippen LogP contribution < -0.4 is 5.73 Å². The summed E-state index contributed by atoms with van der Waals surface area (Å²) < 4.78 is 0. The Labute approximate surface area is 98.4 Å². The Balaban J connectivity index is 2.63. The summed E-state index contributed by atoms with van der Waals surface area (Å²) in [6.45, 7) is 4.57. The van der Waals surface area contributed by atoms with Gasteiger partial charge < -0.3 is 10.8 Å². The number of hydrogen-bond acceptors (Lipinski definition) is 2. The molecule has 1 aliphatic carbocycles. The maximum Gasteiger partial charge on any atom is 0.310 e. The number of carbonyl (C=O) groups is 1. The molecule has 0 aromatic heterocycles. The maximum atomic E-state index is 11.5. The van der Waals surface area contributed by atoms with Crippen molar-refractivity contribution in [1.29, 1.82) is 0 Å². The largest absolute Gasteiger partial charge is 0.481 e. The van der Waals surface area contributed by atoms with E-state index in [-0.39, 0.29) is 6.54 Å². The van der Waals surface area contributed by atoms with E-state index in [0.717, 1.165) is 25.7 Å².